The topological polar surface area (TPSA) is 48.8 Å². The van der Waals surface area contributed by atoms with Gasteiger partial charge in [-0.15, -0.1) is 0 Å². The molecule has 0 bridgehead atoms. The van der Waals surface area contributed by atoms with Gasteiger partial charge < -0.3 is 9.84 Å². The lowest BCUT2D eigenvalue weighted by molar-refractivity contribution is 0.0404. The van der Waals surface area contributed by atoms with Gasteiger partial charge in [0.2, 0.25) is 0 Å². The van der Waals surface area contributed by atoms with E-state index in [-0.39, 0.29) is 12.6 Å². The number of hydrogen-bond acceptors (Lipinski definition) is 5. The Bertz CT molecular complexity index is 1190. The van der Waals surface area contributed by atoms with E-state index in [1.54, 1.807) is 6.20 Å². The fourth-order valence-electron chi connectivity index (χ4n) is 4.88. The lowest BCUT2D eigenvalue weighted by atomic mass is 9.96. The minimum Gasteiger partial charge on any atom is -0.490 e. The van der Waals surface area contributed by atoms with Gasteiger partial charge in [0, 0.05) is 43.4 Å². The van der Waals surface area contributed by atoms with Crippen molar-refractivity contribution in [3.8, 4) is 5.75 Å². The number of aliphatic hydroxyl groups is 1. The standard InChI is InChI=1S/C29H30BrN3O2/c30-25-14-15-31-26-12-7-13-27(28(25)26)35-21-24(34)20-32-16-18-33(19-17-32)29(22-8-3-1-4-9-22)23-10-5-2-6-11-23/h1-15,24,29,34H,16-21H2. The fourth-order valence-corrected chi connectivity index (χ4v) is 5.40. The van der Waals surface area contributed by atoms with Gasteiger partial charge in [0.05, 0.1) is 16.9 Å². The SMILES string of the molecule is OC(COc1cccc2nccc(Br)c12)CN1CCN(C(c2ccccc2)c2ccccc2)CC1. The molecule has 1 aromatic heterocycles. The monoisotopic (exact) mass is 531 g/mol. The Kier molecular flexibility index (Phi) is 7.74. The summed E-state index contributed by atoms with van der Waals surface area (Å²) in [7, 11) is 0. The van der Waals surface area contributed by atoms with Gasteiger partial charge in [-0.1, -0.05) is 66.7 Å². The summed E-state index contributed by atoms with van der Waals surface area (Å²) in [5.41, 5.74) is 3.50. The van der Waals surface area contributed by atoms with Gasteiger partial charge in [-0.25, -0.2) is 0 Å². The van der Waals surface area contributed by atoms with E-state index >= 15 is 0 Å². The highest BCUT2D eigenvalue weighted by Gasteiger charge is 2.27. The molecular formula is C29H30BrN3O2. The Labute approximate surface area is 215 Å². The van der Waals surface area contributed by atoms with Gasteiger partial charge >= 0.3 is 0 Å². The van der Waals surface area contributed by atoms with Crippen LogP contribution in [0.2, 0.25) is 0 Å². The zero-order chi connectivity index (χ0) is 24.0. The molecule has 1 aliphatic rings. The first-order valence-electron chi connectivity index (χ1n) is 12.1. The number of halogens is 1. The van der Waals surface area contributed by atoms with E-state index in [1.807, 2.05) is 24.3 Å². The number of piperazine rings is 1. The van der Waals surface area contributed by atoms with Crippen molar-refractivity contribution in [1.29, 1.82) is 0 Å². The molecule has 0 amide bonds. The zero-order valence-corrected chi connectivity index (χ0v) is 21.2. The molecule has 0 saturated carbocycles. The Morgan fingerprint density at radius 2 is 1.49 bits per heavy atom. The summed E-state index contributed by atoms with van der Waals surface area (Å²) < 4.78 is 6.96. The highest BCUT2D eigenvalue weighted by atomic mass is 79.9. The molecule has 5 nitrogen and oxygen atoms in total. The Hall–Kier alpha value is -2.77. The third-order valence-electron chi connectivity index (χ3n) is 6.58. The molecule has 1 saturated heterocycles. The third-order valence-corrected chi connectivity index (χ3v) is 7.24. The summed E-state index contributed by atoms with van der Waals surface area (Å²) in [6.07, 6.45) is 1.21. The molecule has 0 radical (unpaired) electrons. The molecule has 1 atom stereocenters. The fraction of sp³-hybridized carbons (Fsp3) is 0.276. The summed E-state index contributed by atoms with van der Waals surface area (Å²) in [5, 5.41) is 11.7. The Balaban J connectivity index is 1.18. The number of aliphatic hydroxyl groups excluding tert-OH is 1. The van der Waals surface area contributed by atoms with Gasteiger partial charge in [-0.05, 0) is 45.3 Å². The highest BCUT2D eigenvalue weighted by molar-refractivity contribution is 9.10. The van der Waals surface area contributed by atoms with Crippen molar-refractivity contribution in [3.63, 3.8) is 0 Å². The number of β-amino-alcohol motifs (C(OH)–C–C–N with tert-alkyl or cyclic N) is 1. The number of rotatable bonds is 8. The van der Waals surface area contributed by atoms with Crippen LogP contribution in [0.3, 0.4) is 0 Å². The molecule has 35 heavy (non-hydrogen) atoms. The molecule has 0 aliphatic carbocycles. The zero-order valence-electron chi connectivity index (χ0n) is 19.6. The maximum absolute atomic E-state index is 10.7. The highest BCUT2D eigenvalue weighted by Crippen LogP contribution is 2.31. The lowest BCUT2D eigenvalue weighted by Gasteiger charge is -2.40. The molecule has 2 heterocycles. The van der Waals surface area contributed by atoms with Gasteiger partial charge in [-0.2, -0.15) is 0 Å². The summed E-state index contributed by atoms with van der Waals surface area (Å²) in [6.45, 7) is 4.57. The van der Waals surface area contributed by atoms with Crippen LogP contribution in [0.1, 0.15) is 17.2 Å². The van der Waals surface area contributed by atoms with Crippen molar-refractivity contribution < 1.29 is 9.84 Å². The molecular weight excluding hydrogens is 502 g/mol. The molecule has 1 N–H and O–H groups in total. The van der Waals surface area contributed by atoms with E-state index in [1.165, 1.54) is 11.1 Å². The number of hydrogen-bond donors (Lipinski definition) is 1. The Morgan fingerprint density at radius 1 is 0.829 bits per heavy atom. The van der Waals surface area contributed by atoms with Crippen LogP contribution in [-0.2, 0) is 0 Å². The number of nitrogens with zero attached hydrogens (tertiary/aromatic N) is 3. The van der Waals surface area contributed by atoms with Crippen molar-refractivity contribution >= 4 is 26.8 Å². The second-order valence-corrected chi connectivity index (χ2v) is 9.82. The minimum atomic E-state index is -0.564. The van der Waals surface area contributed by atoms with E-state index < -0.39 is 6.10 Å². The van der Waals surface area contributed by atoms with Gasteiger partial charge in [0.1, 0.15) is 18.5 Å². The van der Waals surface area contributed by atoms with Crippen LogP contribution in [0.15, 0.2) is 95.6 Å². The predicted octanol–water partition coefficient (Wildman–Crippen LogP) is 5.14. The van der Waals surface area contributed by atoms with Crippen LogP contribution < -0.4 is 4.74 Å². The minimum absolute atomic E-state index is 0.242. The lowest BCUT2D eigenvalue weighted by Crippen LogP contribution is -2.50. The first-order chi connectivity index (χ1) is 17.2. The number of fused-ring (bicyclic) bond motifs is 1. The Morgan fingerprint density at radius 3 is 2.14 bits per heavy atom. The smallest absolute Gasteiger partial charge is 0.129 e. The van der Waals surface area contributed by atoms with E-state index in [9.17, 15) is 5.11 Å². The van der Waals surface area contributed by atoms with E-state index in [0.717, 1.165) is 47.3 Å². The molecule has 1 aliphatic heterocycles. The van der Waals surface area contributed by atoms with Crippen molar-refractivity contribution in [2.75, 3.05) is 39.3 Å². The number of aromatic nitrogens is 1. The first-order valence-corrected chi connectivity index (χ1v) is 12.9. The quantitative estimate of drug-likeness (QED) is 0.341. The van der Waals surface area contributed by atoms with Gasteiger partial charge in [-0.3, -0.25) is 14.8 Å². The normalized spacial score (nSPS) is 16.0. The first kappa shape index (κ1) is 23.9. The van der Waals surface area contributed by atoms with Crippen LogP contribution in [0, 0.1) is 0 Å². The molecule has 3 aromatic carbocycles. The van der Waals surface area contributed by atoms with E-state index in [4.69, 9.17) is 4.74 Å². The average molecular weight is 532 g/mol. The van der Waals surface area contributed by atoms with Crippen LogP contribution in [0.5, 0.6) is 5.75 Å². The van der Waals surface area contributed by atoms with Crippen LogP contribution in [0.25, 0.3) is 10.9 Å². The maximum Gasteiger partial charge on any atom is 0.129 e. The molecule has 1 unspecified atom stereocenters. The van der Waals surface area contributed by atoms with Crippen molar-refractivity contribution in [1.82, 2.24) is 14.8 Å². The summed E-state index contributed by atoms with van der Waals surface area (Å²) in [4.78, 5) is 9.28. The largest absolute Gasteiger partial charge is 0.490 e. The molecule has 5 rings (SSSR count). The third kappa shape index (κ3) is 5.73. The van der Waals surface area contributed by atoms with Crippen LogP contribution in [0.4, 0.5) is 0 Å². The van der Waals surface area contributed by atoms with Gasteiger partial charge in [0.25, 0.3) is 0 Å². The summed E-state index contributed by atoms with van der Waals surface area (Å²) >= 11 is 3.59. The maximum atomic E-state index is 10.7. The van der Waals surface area contributed by atoms with E-state index in [2.05, 4.69) is 91.4 Å². The second kappa shape index (κ2) is 11.3. The molecule has 0 spiro atoms. The number of benzene rings is 3. The molecule has 6 heteroatoms. The summed E-state index contributed by atoms with van der Waals surface area (Å²) in [5.74, 6) is 0.736. The predicted molar refractivity (Wildman–Crippen MR) is 144 cm³/mol. The van der Waals surface area contributed by atoms with Crippen molar-refractivity contribution in [2.45, 2.75) is 12.1 Å². The second-order valence-electron chi connectivity index (χ2n) is 8.97. The van der Waals surface area contributed by atoms with Crippen molar-refractivity contribution in [2.24, 2.45) is 0 Å². The number of ether oxygens (including phenoxy) is 1. The molecule has 4 aromatic rings. The number of pyridine rings is 1. The molecule has 1 fully saturated rings. The van der Waals surface area contributed by atoms with Gasteiger partial charge in [0.15, 0.2) is 0 Å². The molecule has 180 valence electrons. The van der Waals surface area contributed by atoms with Crippen LogP contribution in [-0.4, -0.2) is 65.3 Å². The van der Waals surface area contributed by atoms with Crippen LogP contribution >= 0.6 is 15.9 Å². The van der Waals surface area contributed by atoms with Crippen molar-refractivity contribution in [3.05, 3.63) is 107 Å². The summed E-state index contributed by atoms with van der Waals surface area (Å²) in [6, 6.07) is 29.4. The van der Waals surface area contributed by atoms with E-state index in [0.29, 0.717) is 6.54 Å². The average Bonchev–Trinajstić information content (AvgIpc) is 2.90.